The van der Waals surface area contributed by atoms with Crippen LogP contribution in [-0.4, -0.2) is 29.2 Å². The Bertz CT molecular complexity index is 845. The Kier molecular flexibility index (Phi) is 6.06. The minimum Gasteiger partial charge on any atom is -0.361 e. The van der Waals surface area contributed by atoms with Gasteiger partial charge in [-0.15, -0.1) is 0 Å². The average molecular weight is 430 g/mol. The minimum atomic E-state index is -1.11. The van der Waals surface area contributed by atoms with Gasteiger partial charge < -0.3 is 4.74 Å². The van der Waals surface area contributed by atoms with Crippen molar-refractivity contribution >= 4 is 24.0 Å². The Morgan fingerprint density at radius 3 is 2.35 bits per heavy atom. The molecule has 1 aromatic carbocycles. The largest absolute Gasteiger partial charge is 0.361 e. The van der Waals surface area contributed by atoms with E-state index in [9.17, 15) is 0 Å². The maximum atomic E-state index is 6.05. The van der Waals surface area contributed by atoms with Gasteiger partial charge in [-0.05, 0) is 34.1 Å². The Labute approximate surface area is 164 Å². The van der Waals surface area contributed by atoms with E-state index in [0.29, 0.717) is 6.73 Å². The summed E-state index contributed by atoms with van der Waals surface area (Å²) < 4.78 is 9.01. The third-order valence-corrected chi connectivity index (χ3v) is 6.38. The summed E-state index contributed by atoms with van der Waals surface area (Å²) in [6, 6.07) is 15.4. The highest BCUT2D eigenvalue weighted by Gasteiger charge is 2.19. The van der Waals surface area contributed by atoms with Gasteiger partial charge in [0.15, 0.2) is 0 Å². The van der Waals surface area contributed by atoms with E-state index in [1.165, 1.54) is 0 Å². The van der Waals surface area contributed by atoms with Gasteiger partial charge in [0.2, 0.25) is 0 Å². The average Bonchev–Trinajstić information content (AvgIpc) is 2.96. The number of benzene rings is 1. The Hall–Kier alpha value is -1.76. The molecular formula is C20H24BrN3OSi. The second-order valence-corrected chi connectivity index (χ2v) is 13.8. The maximum Gasteiger partial charge on any atom is 0.143 e. The highest BCUT2D eigenvalue weighted by atomic mass is 79.9. The number of imidazole rings is 1. The first-order valence-corrected chi connectivity index (χ1v) is 13.3. The topological polar surface area (TPSA) is 39.9 Å². The monoisotopic (exact) mass is 429 g/mol. The summed E-state index contributed by atoms with van der Waals surface area (Å²) in [7, 11) is -1.11. The van der Waals surface area contributed by atoms with E-state index in [4.69, 9.17) is 9.72 Å². The van der Waals surface area contributed by atoms with Crippen molar-refractivity contribution in [2.75, 3.05) is 6.61 Å². The van der Waals surface area contributed by atoms with Gasteiger partial charge >= 0.3 is 0 Å². The van der Waals surface area contributed by atoms with Crippen LogP contribution < -0.4 is 0 Å². The van der Waals surface area contributed by atoms with Gasteiger partial charge in [-0.2, -0.15) is 0 Å². The third-order valence-electron chi connectivity index (χ3n) is 4.13. The van der Waals surface area contributed by atoms with Crippen molar-refractivity contribution in [2.45, 2.75) is 32.4 Å². The zero-order valence-electron chi connectivity index (χ0n) is 15.4. The molecule has 0 aliphatic rings. The molecule has 26 heavy (non-hydrogen) atoms. The molecule has 136 valence electrons. The molecule has 4 nitrogen and oxygen atoms in total. The summed E-state index contributed by atoms with van der Waals surface area (Å²) in [5.74, 6) is 0.900. The zero-order chi connectivity index (χ0) is 18.6. The van der Waals surface area contributed by atoms with E-state index in [-0.39, 0.29) is 0 Å². The number of nitrogens with zero attached hydrogens (tertiary/aromatic N) is 3. The fourth-order valence-electron chi connectivity index (χ4n) is 2.68. The fraction of sp³-hybridized carbons (Fsp3) is 0.300. The van der Waals surface area contributed by atoms with Crippen molar-refractivity contribution in [3.05, 3.63) is 59.5 Å². The summed E-state index contributed by atoms with van der Waals surface area (Å²) in [5, 5.41) is 0. The minimum absolute atomic E-state index is 0.477. The van der Waals surface area contributed by atoms with Gasteiger partial charge in [-0.25, -0.2) is 4.98 Å². The van der Waals surface area contributed by atoms with Gasteiger partial charge in [0.1, 0.15) is 17.2 Å². The van der Waals surface area contributed by atoms with Crippen molar-refractivity contribution in [1.29, 1.82) is 0 Å². The van der Waals surface area contributed by atoms with Crippen molar-refractivity contribution in [1.82, 2.24) is 14.5 Å². The predicted octanol–water partition coefficient (Wildman–Crippen LogP) is 5.69. The molecule has 3 aromatic rings. The van der Waals surface area contributed by atoms with E-state index in [1.807, 2.05) is 30.3 Å². The number of hydrogen-bond donors (Lipinski definition) is 0. The van der Waals surface area contributed by atoms with E-state index < -0.39 is 8.07 Å². The van der Waals surface area contributed by atoms with E-state index in [1.54, 1.807) is 12.4 Å². The first-order chi connectivity index (χ1) is 12.5. The molecule has 0 atom stereocenters. The molecule has 0 aliphatic carbocycles. The summed E-state index contributed by atoms with van der Waals surface area (Å²) in [4.78, 5) is 8.90. The lowest BCUT2D eigenvalue weighted by Crippen LogP contribution is -2.22. The summed E-state index contributed by atoms with van der Waals surface area (Å²) in [5.41, 5.74) is 3.15. The van der Waals surface area contributed by atoms with Gasteiger partial charge in [0, 0.05) is 38.2 Å². The molecule has 0 unspecified atom stereocenters. The predicted molar refractivity (Wildman–Crippen MR) is 113 cm³/mol. The first kappa shape index (κ1) is 19.0. The molecule has 0 aliphatic heterocycles. The van der Waals surface area contributed by atoms with Crippen LogP contribution in [0.5, 0.6) is 0 Å². The van der Waals surface area contributed by atoms with Crippen LogP contribution in [0.1, 0.15) is 0 Å². The van der Waals surface area contributed by atoms with Crippen molar-refractivity contribution < 1.29 is 4.74 Å². The summed E-state index contributed by atoms with van der Waals surface area (Å²) in [6.45, 7) is 8.34. The second kappa shape index (κ2) is 8.29. The normalized spacial score (nSPS) is 11.7. The van der Waals surface area contributed by atoms with E-state index in [0.717, 1.165) is 39.9 Å². The van der Waals surface area contributed by atoms with Crippen LogP contribution in [0.15, 0.2) is 59.5 Å². The molecule has 0 amide bonds. The number of pyridine rings is 1. The lowest BCUT2D eigenvalue weighted by molar-refractivity contribution is 0.0893. The van der Waals surface area contributed by atoms with Crippen LogP contribution in [-0.2, 0) is 11.5 Å². The number of aromatic nitrogens is 3. The molecule has 3 rings (SSSR count). The van der Waals surface area contributed by atoms with Crippen LogP contribution in [0.25, 0.3) is 22.6 Å². The van der Waals surface area contributed by atoms with Crippen molar-refractivity contribution in [2.24, 2.45) is 0 Å². The van der Waals surface area contributed by atoms with Crippen LogP contribution in [0.2, 0.25) is 25.7 Å². The van der Waals surface area contributed by atoms with Crippen LogP contribution in [0.4, 0.5) is 0 Å². The highest BCUT2D eigenvalue weighted by molar-refractivity contribution is 9.10. The molecular weight excluding hydrogens is 406 g/mol. The molecule has 2 aromatic heterocycles. The summed E-state index contributed by atoms with van der Waals surface area (Å²) in [6.07, 6.45) is 3.60. The highest BCUT2D eigenvalue weighted by Crippen LogP contribution is 2.33. The standard InChI is InChI=1S/C20H24BrN3OSi/c1-26(2,3)14-13-25-15-24-18(16-9-11-22-12-10-16)19(21)23-20(24)17-7-5-4-6-8-17/h4-12H,13-15H2,1-3H3. The molecule has 0 fully saturated rings. The van der Waals surface area contributed by atoms with Crippen LogP contribution in [0.3, 0.4) is 0 Å². The molecule has 0 spiro atoms. The molecule has 0 radical (unpaired) electrons. The molecule has 0 saturated carbocycles. The van der Waals surface area contributed by atoms with Gasteiger partial charge in [-0.1, -0.05) is 50.0 Å². The Balaban J connectivity index is 1.95. The lowest BCUT2D eigenvalue weighted by Gasteiger charge is -2.17. The number of rotatable bonds is 7. The zero-order valence-corrected chi connectivity index (χ0v) is 18.0. The van der Waals surface area contributed by atoms with Crippen molar-refractivity contribution in [3.8, 4) is 22.6 Å². The Morgan fingerprint density at radius 2 is 1.69 bits per heavy atom. The van der Waals surface area contributed by atoms with E-state index >= 15 is 0 Å². The SMILES string of the molecule is C[Si](C)(C)CCOCn1c(-c2ccccc2)nc(Br)c1-c1ccncc1. The molecule has 0 saturated heterocycles. The van der Waals surface area contributed by atoms with Gasteiger partial charge in [-0.3, -0.25) is 9.55 Å². The number of halogens is 1. The van der Waals surface area contributed by atoms with Crippen LogP contribution >= 0.6 is 15.9 Å². The van der Waals surface area contributed by atoms with E-state index in [2.05, 4.69) is 57.3 Å². The van der Waals surface area contributed by atoms with Gasteiger partial charge in [0.25, 0.3) is 0 Å². The first-order valence-electron chi connectivity index (χ1n) is 8.75. The second-order valence-electron chi connectivity index (χ2n) is 7.45. The van der Waals surface area contributed by atoms with Gasteiger partial charge in [0.05, 0.1) is 5.69 Å². The number of ether oxygens (including phenoxy) is 1. The smallest absolute Gasteiger partial charge is 0.143 e. The van der Waals surface area contributed by atoms with Crippen molar-refractivity contribution in [3.63, 3.8) is 0 Å². The quantitative estimate of drug-likeness (QED) is 0.357. The molecule has 0 N–H and O–H groups in total. The molecule has 2 heterocycles. The number of hydrogen-bond acceptors (Lipinski definition) is 3. The Morgan fingerprint density at radius 1 is 1.00 bits per heavy atom. The molecule has 6 heteroatoms. The van der Waals surface area contributed by atoms with Crippen LogP contribution in [0, 0.1) is 0 Å². The fourth-order valence-corrected chi connectivity index (χ4v) is 4.04. The molecule has 0 bridgehead atoms. The lowest BCUT2D eigenvalue weighted by atomic mass is 10.2. The third kappa shape index (κ3) is 4.69. The maximum absolute atomic E-state index is 6.05. The summed E-state index contributed by atoms with van der Waals surface area (Å²) >= 11 is 3.64.